The molecule has 26 heavy (non-hydrogen) atoms. The second-order valence-corrected chi connectivity index (χ2v) is 8.83. The van der Waals surface area contributed by atoms with Gasteiger partial charge in [0, 0.05) is 32.1 Å². The molecular formula is C20H22N2O3S. The molecule has 1 saturated heterocycles. The Hall–Kier alpha value is -2.18. The molecule has 2 aromatic carbocycles. The van der Waals surface area contributed by atoms with Crippen LogP contribution in [-0.4, -0.2) is 49.7 Å². The van der Waals surface area contributed by atoms with Crippen LogP contribution in [0.25, 0.3) is 11.1 Å². The quantitative estimate of drug-likeness (QED) is 0.831. The van der Waals surface area contributed by atoms with E-state index in [4.69, 9.17) is 0 Å². The summed E-state index contributed by atoms with van der Waals surface area (Å²) in [4.78, 5) is 14.2. The third-order valence-electron chi connectivity index (χ3n) is 5.08. The van der Waals surface area contributed by atoms with E-state index in [2.05, 4.69) is 0 Å². The number of hydrogen-bond donors (Lipinski definition) is 0. The Kier molecular flexibility index (Phi) is 4.54. The molecule has 6 heteroatoms. The lowest BCUT2D eigenvalue weighted by Crippen LogP contribution is -2.50. The smallest absolute Gasteiger partial charge is 0.243 e. The summed E-state index contributed by atoms with van der Waals surface area (Å²) in [6.07, 6.45) is 1.95. The van der Waals surface area contributed by atoms with Gasteiger partial charge < -0.3 is 4.90 Å². The zero-order valence-electron chi connectivity index (χ0n) is 14.5. The fraction of sp³-hybridized carbons (Fsp3) is 0.350. The van der Waals surface area contributed by atoms with Gasteiger partial charge in [0.25, 0.3) is 0 Å². The molecule has 1 aliphatic heterocycles. The molecule has 0 N–H and O–H groups in total. The van der Waals surface area contributed by atoms with Crippen molar-refractivity contribution in [1.29, 1.82) is 0 Å². The largest absolute Gasteiger partial charge is 0.340 e. The van der Waals surface area contributed by atoms with Crippen LogP contribution in [0, 0.1) is 5.92 Å². The Morgan fingerprint density at radius 3 is 1.96 bits per heavy atom. The highest BCUT2D eigenvalue weighted by molar-refractivity contribution is 7.89. The van der Waals surface area contributed by atoms with Crippen LogP contribution in [0.1, 0.15) is 12.8 Å². The Bertz CT molecular complexity index is 882. The molecule has 0 radical (unpaired) electrons. The second-order valence-electron chi connectivity index (χ2n) is 6.89. The first-order valence-electron chi connectivity index (χ1n) is 9.00. The standard InChI is InChI=1S/C20H22N2O3S/c23-20(18-6-7-18)21-12-14-22(15-13-21)26(24,25)19-10-8-17(9-11-19)16-4-2-1-3-5-16/h1-5,8-11,18H,6-7,12-15H2. The van der Waals surface area contributed by atoms with Crippen molar-refractivity contribution >= 4 is 15.9 Å². The summed E-state index contributed by atoms with van der Waals surface area (Å²) in [5.74, 6) is 0.373. The number of carbonyl (C=O) groups is 1. The van der Waals surface area contributed by atoms with Crippen LogP contribution >= 0.6 is 0 Å². The topological polar surface area (TPSA) is 57.7 Å². The lowest BCUT2D eigenvalue weighted by atomic mass is 10.1. The Balaban J connectivity index is 1.46. The average Bonchev–Trinajstić information content (AvgIpc) is 3.54. The zero-order chi connectivity index (χ0) is 18.1. The fourth-order valence-electron chi connectivity index (χ4n) is 3.34. The van der Waals surface area contributed by atoms with Crippen molar-refractivity contribution in [3.8, 4) is 11.1 Å². The molecule has 1 aliphatic carbocycles. The normalized spacial score (nSPS) is 18.7. The van der Waals surface area contributed by atoms with Crippen molar-refractivity contribution in [2.45, 2.75) is 17.7 Å². The van der Waals surface area contributed by atoms with E-state index in [-0.39, 0.29) is 11.8 Å². The van der Waals surface area contributed by atoms with Gasteiger partial charge in [-0.15, -0.1) is 0 Å². The molecule has 1 saturated carbocycles. The maximum absolute atomic E-state index is 12.9. The Labute approximate surface area is 154 Å². The molecule has 4 rings (SSSR count). The number of hydrogen-bond acceptors (Lipinski definition) is 3. The van der Waals surface area contributed by atoms with E-state index in [1.54, 1.807) is 12.1 Å². The third-order valence-corrected chi connectivity index (χ3v) is 6.99. The summed E-state index contributed by atoms with van der Waals surface area (Å²) in [6, 6.07) is 16.9. The van der Waals surface area contributed by atoms with E-state index in [0.29, 0.717) is 31.1 Å². The van der Waals surface area contributed by atoms with Gasteiger partial charge in [-0.25, -0.2) is 8.42 Å². The van der Waals surface area contributed by atoms with Crippen LogP contribution in [0.2, 0.25) is 0 Å². The summed E-state index contributed by atoms with van der Waals surface area (Å²) in [5.41, 5.74) is 2.05. The van der Waals surface area contributed by atoms with E-state index in [1.165, 1.54) is 4.31 Å². The van der Waals surface area contributed by atoms with Gasteiger partial charge >= 0.3 is 0 Å². The summed E-state index contributed by atoms with van der Waals surface area (Å²) in [6.45, 7) is 1.69. The average molecular weight is 370 g/mol. The van der Waals surface area contributed by atoms with Gasteiger partial charge in [-0.1, -0.05) is 42.5 Å². The van der Waals surface area contributed by atoms with Crippen molar-refractivity contribution in [3.05, 3.63) is 54.6 Å². The van der Waals surface area contributed by atoms with Crippen molar-refractivity contribution in [2.75, 3.05) is 26.2 Å². The van der Waals surface area contributed by atoms with Crippen molar-refractivity contribution < 1.29 is 13.2 Å². The molecule has 2 fully saturated rings. The molecule has 5 nitrogen and oxygen atoms in total. The highest BCUT2D eigenvalue weighted by atomic mass is 32.2. The monoisotopic (exact) mass is 370 g/mol. The number of amides is 1. The van der Waals surface area contributed by atoms with Gasteiger partial charge in [0.2, 0.25) is 15.9 Å². The lowest BCUT2D eigenvalue weighted by Gasteiger charge is -2.34. The number of nitrogens with zero attached hydrogens (tertiary/aromatic N) is 2. The number of sulfonamides is 1. The SMILES string of the molecule is O=C(C1CC1)N1CCN(S(=O)(=O)c2ccc(-c3ccccc3)cc2)CC1. The molecular weight excluding hydrogens is 348 g/mol. The first-order chi connectivity index (χ1) is 12.6. The van der Waals surface area contributed by atoms with Gasteiger partial charge in [-0.3, -0.25) is 4.79 Å². The summed E-state index contributed by atoms with van der Waals surface area (Å²) in [7, 11) is -3.52. The van der Waals surface area contributed by atoms with E-state index in [9.17, 15) is 13.2 Å². The van der Waals surface area contributed by atoms with Gasteiger partial charge in [-0.2, -0.15) is 4.31 Å². The van der Waals surface area contributed by atoms with Gasteiger partial charge in [0.1, 0.15) is 0 Å². The van der Waals surface area contributed by atoms with Crippen LogP contribution < -0.4 is 0 Å². The van der Waals surface area contributed by atoms with Gasteiger partial charge in [-0.05, 0) is 36.1 Å². The molecule has 0 bridgehead atoms. The molecule has 0 aromatic heterocycles. The maximum Gasteiger partial charge on any atom is 0.243 e. The predicted octanol–water partition coefficient (Wildman–Crippen LogP) is 2.60. The minimum atomic E-state index is -3.52. The lowest BCUT2D eigenvalue weighted by molar-refractivity contribution is -0.133. The van der Waals surface area contributed by atoms with E-state index in [1.807, 2.05) is 47.4 Å². The Morgan fingerprint density at radius 1 is 0.808 bits per heavy atom. The minimum Gasteiger partial charge on any atom is -0.340 e. The van der Waals surface area contributed by atoms with Crippen LogP contribution in [0.4, 0.5) is 0 Å². The first-order valence-corrected chi connectivity index (χ1v) is 10.4. The molecule has 136 valence electrons. The van der Waals surface area contributed by atoms with E-state index >= 15 is 0 Å². The van der Waals surface area contributed by atoms with Crippen LogP contribution in [0.5, 0.6) is 0 Å². The van der Waals surface area contributed by atoms with Gasteiger partial charge in [0.15, 0.2) is 0 Å². The first kappa shape index (κ1) is 17.2. The van der Waals surface area contributed by atoms with Crippen LogP contribution in [0.15, 0.2) is 59.5 Å². The summed E-state index contributed by atoms with van der Waals surface area (Å²) < 4.78 is 27.2. The Morgan fingerprint density at radius 2 is 1.38 bits per heavy atom. The maximum atomic E-state index is 12.9. The summed E-state index contributed by atoms with van der Waals surface area (Å²) in [5, 5.41) is 0. The van der Waals surface area contributed by atoms with Crippen molar-refractivity contribution in [2.24, 2.45) is 5.92 Å². The molecule has 0 unspecified atom stereocenters. The minimum absolute atomic E-state index is 0.184. The van der Waals surface area contributed by atoms with Crippen LogP contribution in [-0.2, 0) is 14.8 Å². The predicted molar refractivity (Wildman–Crippen MR) is 99.9 cm³/mol. The van der Waals surface area contributed by atoms with Crippen molar-refractivity contribution in [3.63, 3.8) is 0 Å². The molecule has 2 aliphatic rings. The van der Waals surface area contributed by atoms with Crippen LogP contribution in [0.3, 0.4) is 0 Å². The number of rotatable bonds is 4. The van der Waals surface area contributed by atoms with Gasteiger partial charge in [0.05, 0.1) is 4.90 Å². The molecule has 0 atom stereocenters. The van der Waals surface area contributed by atoms with E-state index in [0.717, 1.165) is 24.0 Å². The number of benzene rings is 2. The summed E-state index contributed by atoms with van der Waals surface area (Å²) >= 11 is 0. The number of carbonyl (C=O) groups excluding carboxylic acids is 1. The molecule has 0 spiro atoms. The highest BCUT2D eigenvalue weighted by Gasteiger charge is 2.36. The zero-order valence-corrected chi connectivity index (χ0v) is 15.4. The highest BCUT2D eigenvalue weighted by Crippen LogP contribution is 2.31. The molecule has 1 amide bonds. The fourth-order valence-corrected chi connectivity index (χ4v) is 4.76. The molecule has 1 heterocycles. The van der Waals surface area contributed by atoms with Crippen molar-refractivity contribution in [1.82, 2.24) is 9.21 Å². The van der Waals surface area contributed by atoms with E-state index < -0.39 is 10.0 Å². The second kappa shape index (κ2) is 6.85. The third kappa shape index (κ3) is 3.39. The number of piperazine rings is 1. The molecule has 2 aromatic rings.